The summed E-state index contributed by atoms with van der Waals surface area (Å²) in [6.45, 7) is 2.55. The summed E-state index contributed by atoms with van der Waals surface area (Å²) in [4.78, 5) is 16.3. The van der Waals surface area contributed by atoms with Gasteiger partial charge in [0, 0.05) is 26.7 Å². The molecular weight excluding hydrogens is 238 g/mol. The van der Waals surface area contributed by atoms with Crippen molar-refractivity contribution >= 4 is 11.6 Å². The van der Waals surface area contributed by atoms with Gasteiger partial charge in [-0.1, -0.05) is 0 Å². The summed E-state index contributed by atoms with van der Waals surface area (Å²) in [5.74, 6) is 0.451. The van der Waals surface area contributed by atoms with Gasteiger partial charge in [-0.05, 0) is 17.0 Å². The van der Waals surface area contributed by atoms with Crippen molar-refractivity contribution in [2.24, 2.45) is 7.05 Å². The molecule has 0 amide bonds. The summed E-state index contributed by atoms with van der Waals surface area (Å²) in [6.07, 6.45) is 1.51. The zero-order chi connectivity index (χ0) is 13.1. The number of imidazole rings is 1. The molecule has 1 atom stereocenters. The second kappa shape index (κ2) is 5.32. The number of hydrogen-bond acceptors (Lipinski definition) is 6. The number of nitrogens with zero attached hydrogens (tertiary/aromatic N) is 4. The van der Waals surface area contributed by atoms with Crippen LogP contribution in [0.25, 0.3) is 0 Å². The Morgan fingerprint density at radius 3 is 3.17 bits per heavy atom. The van der Waals surface area contributed by atoms with Crippen LogP contribution in [0.4, 0.5) is 11.6 Å². The number of morpholine rings is 1. The Morgan fingerprint density at radius 2 is 2.50 bits per heavy atom. The Labute approximate surface area is 105 Å². The average molecular weight is 255 g/mol. The summed E-state index contributed by atoms with van der Waals surface area (Å²) in [6, 6.07) is 0. The second-order valence-corrected chi connectivity index (χ2v) is 4.26. The minimum atomic E-state index is -0.447. The average Bonchev–Trinajstić information content (AvgIpc) is 2.72. The number of aromatic nitrogens is 2. The Morgan fingerprint density at radius 1 is 1.72 bits per heavy atom. The molecule has 0 radical (unpaired) electrons. The van der Waals surface area contributed by atoms with Gasteiger partial charge in [0.2, 0.25) is 12.1 Å². The highest BCUT2D eigenvalue weighted by Gasteiger charge is 2.29. The quantitative estimate of drug-likeness (QED) is 0.590. The SMILES string of the molecule is CNCC1CN(c2c([N+](=O)[O-])ncn2C)CCO1. The van der Waals surface area contributed by atoms with Gasteiger partial charge < -0.3 is 25.1 Å². The van der Waals surface area contributed by atoms with Crippen LogP contribution < -0.4 is 10.2 Å². The van der Waals surface area contributed by atoms with Crippen molar-refractivity contribution in [1.82, 2.24) is 14.9 Å². The summed E-state index contributed by atoms with van der Waals surface area (Å²) in [5.41, 5.74) is 0. The highest BCUT2D eigenvalue weighted by molar-refractivity contribution is 5.54. The molecule has 1 aliphatic rings. The molecular formula is C10H17N5O3. The largest absolute Gasteiger partial charge is 0.406 e. The van der Waals surface area contributed by atoms with E-state index >= 15 is 0 Å². The lowest BCUT2D eigenvalue weighted by molar-refractivity contribution is -0.388. The van der Waals surface area contributed by atoms with Crippen molar-refractivity contribution in [3.05, 3.63) is 16.4 Å². The number of nitrogens with one attached hydrogen (secondary N) is 1. The lowest BCUT2D eigenvalue weighted by Crippen LogP contribution is -2.47. The monoisotopic (exact) mass is 255 g/mol. The van der Waals surface area contributed by atoms with Gasteiger partial charge >= 0.3 is 5.82 Å². The molecule has 1 N–H and O–H groups in total. The summed E-state index contributed by atoms with van der Waals surface area (Å²) in [5, 5.41) is 14.0. The molecule has 1 unspecified atom stereocenters. The van der Waals surface area contributed by atoms with Crippen LogP contribution in [-0.4, -0.2) is 53.9 Å². The van der Waals surface area contributed by atoms with Crippen LogP contribution >= 0.6 is 0 Å². The molecule has 1 fully saturated rings. The van der Waals surface area contributed by atoms with Gasteiger partial charge in [0.05, 0.1) is 12.7 Å². The minimum Gasteiger partial charge on any atom is -0.373 e. The summed E-state index contributed by atoms with van der Waals surface area (Å²) < 4.78 is 7.26. The first kappa shape index (κ1) is 12.8. The molecule has 2 heterocycles. The zero-order valence-corrected chi connectivity index (χ0v) is 10.5. The van der Waals surface area contributed by atoms with Crippen LogP contribution in [0, 0.1) is 10.1 Å². The van der Waals surface area contributed by atoms with Crippen LogP contribution in [0.15, 0.2) is 6.33 Å². The smallest absolute Gasteiger partial charge is 0.373 e. The van der Waals surface area contributed by atoms with E-state index in [0.29, 0.717) is 25.5 Å². The molecule has 0 aromatic carbocycles. The molecule has 0 aliphatic carbocycles. The van der Waals surface area contributed by atoms with Crippen LogP contribution in [0.3, 0.4) is 0 Å². The molecule has 100 valence electrons. The first-order valence-corrected chi connectivity index (χ1v) is 5.80. The predicted octanol–water partition coefficient (Wildman–Crippen LogP) is -0.247. The number of anilines is 1. The molecule has 2 rings (SSSR count). The van der Waals surface area contributed by atoms with Crippen LogP contribution in [-0.2, 0) is 11.8 Å². The fourth-order valence-electron chi connectivity index (χ4n) is 2.17. The van der Waals surface area contributed by atoms with Crippen molar-refractivity contribution in [1.29, 1.82) is 0 Å². The van der Waals surface area contributed by atoms with Gasteiger partial charge in [-0.2, -0.15) is 0 Å². The van der Waals surface area contributed by atoms with Gasteiger partial charge in [-0.25, -0.2) is 0 Å². The van der Waals surface area contributed by atoms with Crippen molar-refractivity contribution in [3.63, 3.8) is 0 Å². The zero-order valence-electron chi connectivity index (χ0n) is 10.5. The topological polar surface area (TPSA) is 85.5 Å². The standard InChI is InChI=1S/C10H17N5O3/c1-11-5-8-6-14(3-4-18-8)10-9(15(16)17)12-7-13(10)2/h7-8,11H,3-6H2,1-2H3. The van der Waals surface area contributed by atoms with E-state index in [2.05, 4.69) is 10.3 Å². The van der Waals surface area contributed by atoms with E-state index in [4.69, 9.17) is 4.74 Å². The summed E-state index contributed by atoms with van der Waals surface area (Å²) in [7, 11) is 3.62. The molecule has 18 heavy (non-hydrogen) atoms. The second-order valence-electron chi connectivity index (χ2n) is 4.26. The fourth-order valence-corrected chi connectivity index (χ4v) is 2.17. The molecule has 8 nitrogen and oxygen atoms in total. The molecule has 0 bridgehead atoms. The van der Waals surface area contributed by atoms with Crippen molar-refractivity contribution in [2.45, 2.75) is 6.10 Å². The lowest BCUT2D eigenvalue weighted by Gasteiger charge is -2.33. The molecule has 8 heteroatoms. The summed E-state index contributed by atoms with van der Waals surface area (Å²) >= 11 is 0. The van der Waals surface area contributed by atoms with Crippen molar-refractivity contribution < 1.29 is 9.66 Å². The van der Waals surface area contributed by atoms with E-state index in [1.165, 1.54) is 6.33 Å². The third-order valence-electron chi connectivity index (χ3n) is 2.93. The van der Waals surface area contributed by atoms with E-state index in [1.807, 2.05) is 11.9 Å². The Balaban J connectivity index is 2.20. The van der Waals surface area contributed by atoms with Gasteiger partial charge in [0.1, 0.15) is 0 Å². The third-order valence-corrected chi connectivity index (χ3v) is 2.93. The van der Waals surface area contributed by atoms with E-state index < -0.39 is 4.92 Å². The number of hydrogen-bond donors (Lipinski definition) is 1. The van der Waals surface area contributed by atoms with Gasteiger partial charge in [-0.15, -0.1) is 0 Å². The van der Waals surface area contributed by atoms with E-state index in [0.717, 1.165) is 6.54 Å². The number of aryl methyl sites for hydroxylation is 1. The minimum absolute atomic E-state index is 0.0401. The number of rotatable bonds is 4. The molecule has 1 aliphatic heterocycles. The highest BCUT2D eigenvalue weighted by Crippen LogP contribution is 2.27. The van der Waals surface area contributed by atoms with E-state index in [1.54, 1.807) is 11.6 Å². The van der Waals surface area contributed by atoms with E-state index in [-0.39, 0.29) is 11.9 Å². The van der Waals surface area contributed by atoms with Crippen LogP contribution in [0.1, 0.15) is 0 Å². The van der Waals surface area contributed by atoms with Crippen molar-refractivity contribution in [3.8, 4) is 0 Å². The maximum absolute atomic E-state index is 10.9. The van der Waals surface area contributed by atoms with Crippen LogP contribution in [0.5, 0.6) is 0 Å². The fraction of sp³-hybridized carbons (Fsp3) is 0.700. The normalized spacial score (nSPS) is 20.1. The molecule has 0 spiro atoms. The maximum Gasteiger partial charge on any atom is 0.406 e. The molecule has 1 saturated heterocycles. The number of ether oxygens (including phenoxy) is 1. The highest BCUT2D eigenvalue weighted by atomic mass is 16.6. The Kier molecular flexibility index (Phi) is 3.78. The molecule has 1 aromatic rings. The maximum atomic E-state index is 10.9. The lowest BCUT2D eigenvalue weighted by atomic mass is 10.2. The first-order chi connectivity index (χ1) is 8.63. The van der Waals surface area contributed by atoms with E-state index in [9.17, 15) is 10.1 Å². The molecule has 0 saturated carbocycles. The van der Waals surface area contributed by atoms with Gasteiger partial charge in [0.25, 0.3) is 0 Å². The molecule has 1 aromatic heterocycles. The first-order valence-electron chi connectivity index (χ1n) is 5.80. The Bertz CT molecular complexity index is 431. The Hall–Kier alpha value is -1.67. The van der Waals surface area contributed by atoms with Crippen molar-refractivity contribution in [2.75, 3.05) is 38.2 Å². The van der Waals surface area contributed by atoms with Gasteiger partial charge in [-0.3, -0.25) is 4.57 Å². The third kappa shape index (κ3) is 2.44. The number of nitro groups is 1. The van der Waals surface area contributed by atoms with Crippen LogP contribution in [0.2, 0.25) is 0 Å². The predicted molar refractivity (Wildman–Crippen MR) is 65.7 cm³/mol. The number of likely N-dealkylation sites (N-methyl/N-ethyl adjacent to an activating group) is 1. The van der Waals surface area contributed by atoms with Gasteiger partial charge in [0.15, 0.2) is 0 Å².